The minimum Gasteiger partial charge on any atom is -0.454 e. The second-order valence-electron chi connectivity index (χ2n) is 9.11. The molecule has 1 amide bonds. The molecule has 0 aromatic heterocycles. The van der Waals surface area contributed by atoms with Crippen molar-refractivity contribution in [1.29, 1.82) is 0 Å². The van der Waals surface area contributed by atoms with Crippen molar-refractivity contribution in [3.63, 3.8) is 0 Å². The molecular formula is C29H26N2O4. The molecule has 6 rings (SSSR count). The van der Waals surface area contributed by atoms with Gasteiger partial charge in [0.2, 0.25) is 12.7 Å². The third-order valence-electron chi connectivity index (χ3n) is 7.04. The van der Waals surface area contributed by atoms with Gasteiger partial charge in [0.05, 0.1) is 17.4 Å². The van der Waals surface area contributed by atoms with Crippen molar-refractivity contribution in [3.05, 3.63) is 95.2 Å². The number of benzene rings is 3. The molecule has 0 radical (unpaired) electrons. The number of carbonyl (C=O) groups excluding carboxylic acids is 2. The second kappa shape index (κ2) is 8.62. The van der Waals surface area contributed by atoms with Gasteiger partial charge in [0.15, 0.2) is 17.3 Å². The predicted octanol–water partition coefficient (Wildman–Crippen LogP) is 5.73. The molecule has 2 heterocycles. The first kappa shape index (κ1) is 21.5. The fourth-order valence-corrected chi connectivity index (χ4v) is 5.40. The van der Waals surface area contributed by atoms with Gasteiger partial charge in [-0.1, -0.05) is 55.5 Å². The van der Waals surface area contributed by atoms with Gasteiger partial charge in [0.1, 0.15) is 0 Å². The van der Waals surface area contributed by atoms with E-state index in [1.165, 1.54) is 0 Å². The second-order valence-corrected chi connectivity index (χ2v) is 9.11. The standard InChI is InChI=1S/C29H26N2O4/c1-2-27(33)31-23-11-7-6-10-21(23)30-22-14-20(18-8-4-3-5-9-18)15-24(32)28(22)29(31)19-12-13-25-26(16-19)35-17-34-25/h3-13,16,20,29-30H,2,14-15,17H2,1H3. The highest BCUT2D eigenvalue weighted by Crippen LogP contribution is 2.48. The number of amides is 1. The van der Waals surface area contributed by atoms with E-state index in [1.54, 1.807) is 4.90 Å². The van der Waals surface area contributed by atoms with Gasteiger partial charge in [0.25, 0.3) is 0 Å². The topological polar surface area (TPSA) is 67.9 Å². The average molecular weight is 467 g/mol. The molecule has 0 saturated carbocycles. The van der Waals surface area contributed by atoms with Crippen molar-refractivity contribution >= 4 is 23.1 Å². The number of carbonyl (C=O) groups is 2. The molecule has 2 aliphatic heterocycles. The summed E-state index contributed by atoms with van der Waals surface area (Å²) in [6.45, 7) is 2.01. The van der Waals surface area contributed by atoms with Crippen LogP contribution in [0.4, 0.5) is 11.4 Å². The van der Waals surface area contributed by atoms with Crippen molar-refractivity contribution in [2.24, 2.45) is 0 Å². The van der Waals surface area contributed by atoms with Crippen molar-refractivity contribution in [2.75, 3.05) is 17.0 Å². The van der Waals surface area contributed by atoms with E-state index in [-0.39, 0.29) is 24.4 Å². The van der Waals surface area contributed by atoms with Crippen LogP contribution in [0.15, 0.2) is 84.1 Å². The molecule has 0 fully saturated rings. The highest BCUT2D eigenvalue weighted by atomic mass is 16.7. The van der Waals surface area contributed by atoms with Crippen molar-refractivity contribution in [1.82, 2.24) is 0 Å². The van der Waals surface area contributed by atoms with Crippen LogP contribution < -0.4 is 19.7 Å². The van der Waals surface area contributed by atoms with Crippen LogP contribution in [0, 0.1) is 0 Å². The number of ether oxygens (including phenoxy) is 2. The van der Waals surface area contributed by atoms with Crippen LogP contribution in [0.2, 0.25) is 0 Å². The minimum atomic E-state index is -0.563. The maximum atomic E-state index is 13.9. The third kappa shape index (κ3) is 3.66. The van der Waals surface area contributed by atoms with Gasteiger partial charge in [-0.2, -0.15) is 0 Å². The molecule has 176 valence electrons. The fraction of sp³-hybridized carbons (Fsp3) is 0.241. The molecule has 0 bridgehead atoms. The lowest BCUT2D eigenvalue weighted by Crippen LogP contribution is -2.38. The molecule has 3 aromatic carbocycles. The summed E-state index contributed by atoms with van der Waals surface area (Å²) in [5, 5.41) is 3.56. The van der Waals surface area contributed by atoms with Crippen LogP contribution in [0.3, 0.4) is 0 Å². The average Bonchev–Trinajstić information content (AvgIpc) is 3.30. The Morgan fingerprint density at radius 1 is 0.943 bits per heavy atom. The van der Waals surface area contributed by atoms with Crippen LogP contribution in [0.1, 0.15) is 49.3 Å². The molecule has 2 atom stereocenters. The van der Waals surface area contributed by atoms with E-state index in [4.69, 9.17) is 9.47 Å². The summed E-state index contributed by atoms with van der Waals surface area (Å²) in [5.74, 6) is 1.38. The van der Waals surface area contributed by atoms with E-state index in [0.29, 0.717) is 36.3 Å². The Hall–Kier alpha value is -4.06. The van der Waals surface area contributed by atoms with Crippen LogP contribution in [-0.2, 0) is 9.59 Å². The number of hydrogen-bond acceptors (Lipinski definition) is 5. The van der Waals surface area contributed by atoms with Crippen molar-refractivity contribution in [3.8, 4) is 11.5 Å². The van der Waals surface area contributed by atoms with Gasteiger partial charge in [-0.15, -0.1) is 0 Å². The lowest BCUT2D eigenvalue weighted by molar-refractivity contribution is -0.119. The minimum absolute atomic E-state index is 0.0475. The Labute approximate surface area is 204 Å². The molecule has 1 N–H and O–H groups in total. The number of para-hydroxylation sites is 2. The number of fused-ring (bicyclic) bond motifs is 2. The zero-order valence-corrected chi connectivity index (χ0v) is 19.5. The molecule has 0 saturated heterocycles. The van der Waals surface area contributed by atoms with E-state index < -0.39 is 6.04 Å². The molecule has 6 heteroatoms. The van der Waals surface area contributed by atoms with Gasteiger partial charge < -0.3 is 14.8 Å². The summed E-state index contributed by atoms with van der Waals surface area (Å²) >= 11 is 0. The van der Waals surface area contributed by atoms with E-state index in [9.17, 15) is 9.59 Å². The Kier molecular flexibility index (Phi) is 5.29. The molecule has 6 nitrogen and oxygen atoms in total. The van der Waals surface area contributed by atoms with Crippen LogP contribution in [-0.4, -0.2) is 18.5 Å². The smallest absolute Gasteiger partial charge is 0.231 e. The van der Waals surface area contributed by atoms with E-state index in [1.807, 2.05) is 67.6 Å². The number of anilines is 2. The molecular weight excluding hydrogens is 440 g/mol. The predicted molar refractivity (Wildman–Crippen MR) is 134 cm³/mol. The Balaban J connectivity index is 1.55. The molecule has 3 aliphatic rings. The first-order valence-electron chi connectivity index (χ1n) is 12.0. The fourth-order valence-electron chi connectivity index (χ4n) is 5.40. The summed E-state index contributed by atoms with van der Waals surface area (Å²) in [6.07, 6.45) is 1.41. The Morgan fingerprint density at radius 2 is 1.71 bits per heavy atom. The lowest BCUT2D eigenvalue weighted by atomic mass is 9.78. The maximum Gasteiger partial charge on any atom is 0.231 e. The number of rotatable bonds is 3. The van der Waals surface area contributed by atoms with Gasteiger partial charge >= 0.3 is 0 Å². The van der Waals surface area contributed by atoms with Gasteiger partial charge in [-0.25, -0.2) is 0 Å². The van der Waals surface area contributed by atoms with Crippen molar-refractivity contribution < 1.29 is 19.1 Å². The van der Waals surface area contributed by atoms with Gasteiger partial charge in [0, 0.05) is 24.1 Å². The molecule has 1 aliphatic carbocycles. The SMILES string of the molecule is CCC(=O)N1c2ccccc2NC2=C(C(=O)CC(c3ccccc3)C2)C1c1ccc2c(c1)OCO2. The Bertz CT molecular complexity index is 1350. The number of nitrogens with one attached hydrogen (secondary N) is 1. The third-order valence-corrected chi connectivity index (χ3v) is 7.04. The Morgan fingerprint density at radius 3 is 2.54 bits per heavy atom. The van der Waals surface area contributed by atoms with Crippen LogP contribution >= 0.6 is 0 Å². The monoisotopic (exact) mass is 466 g/mol. The largest absolute Gasteiger partial charge is 0.454 e. The number of Topliss-reactive ketones (excluding diaryl/α,β-unsaturated/α-hetero) is 1. The molecule has 2 unspecified atom stereocenters. The normalized spacial score (nSPS) is 20.6. The number of nitrogens with zero attached hydrogens (tertiary/aromatic N) is 1. The zero-order chi connectivity index (χ0) is 23.9. The number of hydrogen-bond donors (Lipinski definition) is 1. The summed E-state index contributed by atoms with van der Waals surface area (Å²) in [5.41, 5.74) is 5.08. The summed E-state index contributed by atoms with van der Waals surface area (Å²) in [7, 11) is 0. The molecule has 0 spiro atoms. The molecule has 35 heavy (non-hydrogen) atoms. The van der Waals surface area contributed by atoms with E-state index in [0.717, 1.165) is 28.2 Å². The van der Waals surface area contributed by atoms with Crippen LogP contribution in [0.5, 0.6) is 11.5 Å². The molecule has 3 aromatic rings. The highest BCUT2D eigenvalue weighted by molar-refractivity contribution is 6.06. The first-order valence-corrected chi connectivity index (χ1v) is 12.0. The highest BCUT2D eigenvalue weighted by Gasteiger charge is 2.41. The summed E-state index contributed by atoms with van der Waals surface area (Å²) < 4.78 is 11.2. The van der Waals surface area contributed by atoms with Gasteiger partial charge in [-0.05, 0) is 47.7 Å². The number of allylic oxidation sites excluding steroid dienone is 1. The first-order chi connectivity index (χ1) is 17.1. The zero-order valence-electron chi connectivity index (χ0n) is 19.5. The summed E-state index contributed by atoms with van der Waals surface area (Å²) in [4.78, 5) is 29.2. The van der Waals surface area contributed by atoms with E-state index >= 15 is 0 Å². The maximum absolute atomic E-state index is 13.9. The lowest BCUT2D eigenvalue weighted by Gasteiger charge is -2.35. The van der Waals surface area contributed by atoms with Crippen molar-refractivity contribution in [2.45, 2.75) is 38.1 Å². The number of ketones is 1. The van der Waals surface area contributed by atoms with Crippen LogP contribution in [0.25, 0.3) is 0 Å². The quantitative estimate of drug-likeness (QED) is 0.534. The summed E-state index contributed by atoms with van der Waals surface area (Å²) in [6, 6.07) is 23.1. The van der Waals surface area contributed by atoms with Gasteiger partial charge in [-0.3, -0.25) is 14.5 Å². The van der Waals surface area contributed by atoms with E-state index in [2.05, 4.69) is 17.4 Å².